The quantitative estimate of drug-likeness (QED) is 0.795. The number of benzene rings is 1. The molecule has 17 heavy (non-hydrogen) atoms. The summed E-state index contributed by atoms with van der Waals surface area (Å²) < 4.78 is 1.90. The number of aromatic nitrogens is 2. The Kier molecular flexibility index (Phi) is 3.94. The lowest BCUT2D eigenvalue weighted by Gasteiger charge is -2.07. The van der Waals surface area contributed by atoms with Crippen LogP contribution in [0.15, 0.2) is 36.5 Å². The number of hydrogen-bond donors (Lipinski definition) is 1. The molecule has 0 aliphatic rings. The van der Waals surface area contributed by atoms with E-state index in [1.54, 1.807) is 0 Å². The summed E-state index contributed by atoms with van der Waals surface area (Å²) in [7, 11) is 1.97. The van der Waals surface area contributed by atoms with Crippen LogP contribution in [-0.4, -0.2) is 16.3 Å². The molecule has 0 atom stereocenters. The summed E-state index contributed by atoms with van der Waals surface area (Å²) >= 11 is 0. The topological polar surface area (TPSA) is 29.9 Å². The van der Waals surface area contributed by atoms with E-state index in [-0.39, 0.29) is 0 Å². The zero-order chi connectivity index (χ0) is 12.1. The molecular weight excluding hydrogens is 210 g/mol. The fraction of sp³-hybridized carbons (Fsp3) is 0.357. The van der Waals surface area contributed by atoms with E-state index in [1.807, 2.05) is 24.0 Å². The molecule has 3 heteroatoms. The Bertz CT molecular complexity index is 474. The molecule has 0 fully saturated rings. The maximum absolute atomic E-state index is 4.14. The highest BCUT2D eigenvalue weighted by Crippen LogP contribution is 2.06. The van der Waals surface area contributed by atoms with Crippen molar-refractivity contribution >= 4 is 0 Å². The van der Waals surface area contributed by atoms with Crippen molar-refractivity contribution in [1.82, 2.24) is 15.1 Å². The van der Waals surface area contributed by atoms with Crippen molar-refractivity contribution in [3.8, 4) is 0 Å². The number of aryl methyl sites for hydroxylation is 2. The standard InChI is InChI=1S/C14H19N3/c1-12-5-3-4-6-13(12)7-9-15-11-14-8-10-16-17(14)2/h3-6,8,10,15H,7,9,11H2,1-2H3. The fourth-order valence-electron chi connectivity index (χ4n) is 1.90. The average molecular weight is 229 g/mol. The Morgan fingerprint density at radius 3 is 2.76 bits per heavy atom. The van der Waals surface area contributed by atoms with Crippen molar-refractivity contribution < 1.29 is 0 Å². The van der Waals surface area contributed by atoms with Gasteiger partial charge in [-0.3, -0.25) is 4.68 Å². The van der Waals surface area contributed by atoms with Gasteiger partial charge in [0.25, 0.3) is 0 Å². The van der Waals surface area contributed by atoms with Gasteiger partial charge in [-0.15, -0.1) is 0 Å². The van der Waals surface area contributed by atoms with E-state index >= 15 is 0 Å². The second-order valence-electron chi connectivity index (χ2n) is 4.30. The minimum atomic E-state index is 0.877. The van der Waals surface area contributed by atoms with Gasteiger partial charge in [-0.25, -0.2) is 0 Å². The van der Waals surface area contributed by atoms with Gasteiger partial charge in [-0.2, -0.15) is 5.10 Å². The van der Waals surface area contributed by atoms with E-state index in [0.29, 0.717) is 0 Å². The molecule has 0 amide bonds. The normalized spacial score (nSPS) is 10.7. The van der Waals surface area contributed by atoms with E-state index in [9.17, 15) is 0 Å². The molecule has 1 aromatic heterocycles. The monoisotopic (exact) mass is 229 g/mol. The zero-order valence-corrected chi connectivity index (χ0v) is 10.5. The molecule has 0 spiro atoms. The first-order valence-corrected chi connectivity index (χ1v) is 5.99. The number of nitrogens with one attached hydrogen (secondary N) is 1. The smallest absolute Gasteiger partial charge is 0.0518 e. The van der Waals surface area contributed by atoms with Crippen molar-refractivity contribution in [2.24, 2.45) is 7.05 Å². The lowest BCUT2D eigenvalue weighted by atomic mass is 10.1. The fourth-order valence-corrected chi connectivity index (χ4v) is 1.90. The van der Waals surface area contributed by atoms with E-state index in [2.05, 4.69) is 41.6 Å². The first-order valence-electron chi connectivity index (χ1n) is 5.99. The van der Waals surface area contributed by atoms with Crippen LogP contribution in [0, 0.1) is 6.92 Å². The molecule has 1 N–H and O–H groups in total. The highest BCUT2D eigenvalue weighted by molar-refractivity contribution is 5.25. The van der Waals surface area contributed by atoms with Crippen LogP contribution in [0.3, 0.4) is 0 Å². The van der Waals surface area contributed by atoms with E-state index in [1.165, 1.54) is 16.8 Å². The molecule has 0 aliphatic heterocycles. The lowest BCUT2D eigenvalue weighted by Crippen LogP contribution is -2.18. The summed E-state index contributed by atoms with van der Waals surface area (Å²) in [6.07, 6.45) is 2.91. The zero-order valence-electron chi connectivity index (χ0n) is 10.5. The van der Waals surface area contributed by atoms with Gasteiger partial charge in [-0.05, 0) is 37.1 Å². The predicted molar refractivity (Wildman–Crippen MR) is 69.8 cm³/mol. The van der Waals surface area contributed by atoms with Crippen molar-refractivity contribution in [2.75, 3.05) is 6.54 Å². The minimum absolute atomic E-state index is 0.877. The Labute approximate surface area is 102 Å². The maximum atomic E-state index is 4.14. The molecule has 90 valence electrons. The van der Waals surface area contributed by atoms with Gasteiger partial charge < -0.3 is 5.32 Å². The molecule has 3 nitrogen and oxygen atoms in total. The molecule has 0 aliphatic carbocycles. The largest absolute Gasteiger partial charge is 0.311 e. The molecule has 0 saturated heterocycles. The number of rotatable bonds is 5. The highest BCUT2D eigenvalue weighted by atomic mass is 15.3. The third-order valence-electron chi connectivity index (χ3n) is 3.06. The summed E-state index contributed by atoms with van der Waals surface area (Å²) in [5, 5.41) is 7.59. The van der Waals surface area contributed by atoms with Gasteiger partial charge in [0.1, 0.15) is 0 Å². The summed E-state index contributed by atoms with van der Waals surface area (Å²) in [5.41, 5.74) is 4.01. The van der Waals surface area contributed by atoms with E-state index in [4.69, 9.17) is 0 Å². The van der Waals surface area contributed by atoms with Crippen LogP contribution in [0.1, 0.15) is 16.8 Å². The molecule has 0 radical (unpaired) electrons. The third kappa shape index (κ3) is 3.17. The second kappa shape index (κ2) is 5.64. The third-order valence-corrected chi connectivity index (χ3v) is 3.06. The maximum Gasteiger partial charge on any atom is 0.0518 e. The predicted octanol–water partition coefficient (Wildman–Crippen LogP) is 2.06. The molecule has 2 aromatic rings. The van der Waals surface area contributed by atoms with Gasteiger partial charge in [-0.1, -0.05) is 24.3 Å². The van der Waals surface area contributed by atoms with Crippen molar-refractivity contribution in [3.63, 3.8) is 0 Å². The Morgan fingerprint density at radius 1 is 1.24 bits per heavy atom. The van der Waals surface area contributed by atoms with Gasteiger partial charge in [0.05, 0.1) is 5.69 Å². The van der Waals surface area contributed by atoms with E-state index < -0.39 is 0 Å². The van der Waals surface area contributed by atoms with Gasteiger partial charge in [0.2, 0.25) is 0 Å². The Balaban J connectivity index is 1.77. The van der Waals surface area contributed by atoms with Crippen molar-refractivity contribution in [2.45, 2.75) is 19.9 Å². The minimum Gasteiger partial charge on any atom is -0.311 e. The van der Waals surface area contributed by atoms with Crippen molar-refractivity contribution in [1.29, 1.82) is 0 Å². The van der Waals surface area contributed by atoms with Crippen LogP contribution in [0.25, 0.3) is 0 Å². The summed E-state index contributed by atoms with van der Waals surface area (Å²) in [6.45, 7) is 4.04. The van der Waals surface area contributed by atoms with Crippen LogP contribution < -0.4 is 5.32 Å². The van der Waals surface area contributed by atoms with E-state index in [0.717, 1.165) is 19.5 Å². The van der Waals surface area contributed by atoms with Crippen LogP contribution in [0.4, 0.5) is 0 Å². The second-order valence-corrected chi connectivity index (χ2v) is 4.30. The number of nitrogens with zero attached hydrogens (tertiary/aromatic N) is 2. The van der Waals surface area contributed by atoms with Crippen LogP contribution >= 0.6 is 0 Å². The molecule has 1 aromatic carbocycles. The van der Waals surface area contributed by atoms with Crippen LogP contribution in [0.5, 0.6) is 0 Å². The first kappa shape index (κ1) is 11.9. The van der Waals surface area contributed by atoms with Gasteiger partial charge in [0, 0.05) is 19.8 Å². The molecule has 2 rings (SSSR count). The van der Waals surface area contributed by atoms with Gasteiger partial charge >= 0.3 is 0 Å². The van der Waals surface area contributed by atoms with Crippen LogP contribution in [-0.2, 0) is 20.0 Å². The summed E-state index contributed by atoms with van der Waals surface area (Å²) in [6, 6.07) is 10.6. The Morgan fingerprint density at radius 2 is 2.06 bits per heavy atom. The highest BCUT2D eigenvalue weighted by Gasteiger charge is 1.99. The summed E-state index contributed by atoms with van der Waals surface area (Å²) in [4.78, 5) is 0. The lowest BCUT2D eigenvalue weighted by molar-refractivity contribution is 0.625. The average Bonchev–Trinajstić information content (AvgIpc) is 2.73. The van der Waals surface area contributed by atoms with Crippen molar-refractivity contribution in [3.05, 3.63) is 53.3 Å². The molecule has 0 unspecified atom stereocenters. The summed E-state index contributed by atoms with van der Waals surface area (Å²) in [5.74, 6) is 0. The molecular formula is C14H19N3. The van der Waals surface area contributed by atoms with Crippen LogP contribution in [0.2, 0.25) is 0 Å². The number of hydrogen-bond acceptors (Lipinski definition) is 2. The molecule has 1 heterocycles. The molecule has 0 saturated carbocycles. The Hall–Kier alpha value is -1.61. The molecule has 0 bridgehead atoms. The first-order chi connectivity index (χ1) is 8.27. The van der Waals surface area contributed by atoms with Gasteiger partial charge in [0.15, 0.2) is 0 Å². The SMILES string of the molecule is Cc1ccccc1CCNCc1ccnn1C.